The Kier molecular flexibility index (Phi) is 5.51. The molecule has 0 saturated heterocycles. The number of benzene rings is 1. The van der Waals surface area contributed by atoms with Crippen molar-refractivity contribution in [1.82, 2.24) is 9.78 Å². The van der Waals surface area contributed by atoms with E-state index in [2.05, 4.69) is 15.3 Å². The van der Waals surface area contributed by atoms with Crippen LogP contribution in [0.4, 0.5) is 0 Å². The highest BCUT2D eigenvalue weighted by Gasteiger charge is 2.30. The Bertz CT molecular complexity index is 805. The summed E-state index contributed by atoms with van der Waals surface area (Å²) < 4.78 is 1.87. The molecule has 3 rings (SSSR count). The summed E-state index contributed by atoms with van der Waals surface area (Å²) in [5.41, 5.74) is 15.9. The monoisotopic (exact) mass is 366 g/mol. The summed E-state index contributed by atoms with van der Waals surface area (Å²) in [4.78, 5) is 0. The maximum atomic E-state index is 6.36. The molecule has 1 aliphatic rings. The van der Waals surface area contributed by atoms with Gasteiger partial charge in [-0.3, -0.25) is 4.68 Å². The lowest BCUT2D eigenvalue weighted by molar-refractivity contribution is 0.658. The Morgan fingerprint density at radius 2 is 2.00 bits per heavy atom. The minimum Gasteiger partial charge on any atom is -0.369 e. The van der Waals surface area contributed by atoms with Crippen molar-refractivity contribution in [3.63, 3.8) is 0 Å². The number of guanidine groups is 1. The second-order valence-electron chi connectivity index (χ2n) is 5.73. The van der Waals surface area contributed by atoms with Crippen LogP contribution in [0.1, 0.15) is 34.9 Å². The molecule has 24 heavy (non-hydrogen) atoms. The molecule has 2 aromatic rings. The Labute approximate surface area is 152 Å². The molecule has 1 heterocycles. The molecule has 6 nitrogen and oxygen atoms in total. The van der Waals surface area contributed by atoms with Crippen LogP contribution in [-0.2, 0) is 13.5 Å². The van der Waals surface area contributed by atoms with Gasteiger partial charge in [0, 0.05) is 23.3 Å². The molecule has 0 bridgehead atoms. The van der Waals surface area contributed by atoms with E-state index in [0.29, 0.717) is 0 Å². The van der Waals surface area contributed by atoms with E-state index in [9.17, 15) is 0 Å². The van der Waals surface area contributed by atoms with Gasteiger partial charge in [-0.05, 0) is 37.3 Å². The van der Waals surface area contributed by atoms with Gasteiger partial charge in [-0.15, -0.1) is 17.5 Å². The van der Waals surface area contributed by atoms with Crippen molar-refractivity contribution in [2.24, 2.45) is 28.7 Å². The molecular weight excluding hydrogens is 347 g/mol. The van der Waals surface area contributed by atoms with E-state index < -0.39 is 0 Å². The highest BCUT2D eigenvalue weighted by molar-refractivity contribution is 6.31. The van der Waals surface area contributed by atoms with Crippen LogP contribution >= 0.6 is 24.0 Å². The SMILES string of the molecule is Cc1c2c(nn1C)CC(c1ccccc1Cl)C/C2=N/N=C(N)N.Cl. The van der Waals surface area contributed by atoms with Gasteiger partial charge in [0.2, 0.25) is 5.96 Å². The molecule has 128 valence electrons. The first-order chi connectivity index (χ1) is 11.0. The molecule has 4 N–H and O–H groups in total. The van der Waals surface area contributed by atoms with E-state index >= 15 is 0 Å². The third-order valence-electron chi connectivity index (χ3n) is 4.21. The number of rotatable bonds is 2. The number of nitrogens with zero attached hydrogens (tertiary/aromatic N) is 4. The number of hydrogen-bond acceptors (Lipinski definition) is 3. The molecule has 0 spiro atoms. The van der Waals surface area contributed by atoms with Gasteiger partial charge in [-0.2, -0.15) is 10.2 Å². The fourth-order valence-electron chi connectivity index (χ4n) is 3.07. The van der Waals surface area contributed by atoms with E-state index in [0.717, 1.165) is 46.1 Å². The molecule has 8 heteroatoms. The smallest absolute Gasteiger partial charge is 0.211 e. The van der Waals surface area contributed by atoms with Gasteiger partial charge in [-0.25, -0.2) is 0 Å². The minimum atomic E-state index is -0.0551. The summed E-state index contributed by atoms with van der Waals surface area (Å²) in [7, 11) is 1.93. The molecule has 0 saturated carbocycles. The van der Waals surface area contributed by atoms with E-state index in [-0.39, 0.29) is 24.3 Å². The van der Waals surface area contributed by atoms with E-state index in [1.54, 1.807) is 0 Å². The van der Waals surface area contributed by atoms with Crippen LogP contribution in [-0.4, -0.2) is 21.5 Å². The van der Waals surface area contributed by atoms with E-state index in [4.69, 9.17) is 23.1 Å². The van der Waals surface area contributed by atoms with Crippen molar-refractivity contribution in [3.8, 4) is 0 Å². The quantitative estimate of drug-likeness (QED) is 0.485. The van der Waals surface area contributed by atoms with Crippen LogP contribution in [0.5, 0.6) is 0 Å². The van der Waals surface area contributed by atoms with E-state index in [1.165, 1.54) is 0 Å². The zero-order valence-electron chi connectivity index (χ0n) is 13.5. The number of aryl methyl sites for hydroxylation is 1. The fraction of sp³-hybridized carbons (Fsp3) is 0.312. The van der Waals surface area contributed by atoms with Gasteiger partial charge < -0.3 is 11.5 Å². The van der Waals surface area contributed by atoms with Gasteiger partial charge in [0.25, 0.3) is 0 Å². The maximum absolute atomic E-state index is 6.36. The van der Waals surface area contributed by atoms with Crippen LogP contribution in [0.15, 0.2) is 34.5 Å². The summed E-state index contributed by atoms with van der Waals surface area (Å²) >= 11 is 6.36. The minimum absolute atomic E-state index is 0. The molecule has 1 aromatic heterocycles. The zero-order chi connectivity index (χ0) is 16.6. The molecule has 0 radical (unpaired) electrons. The standard InChI is InChI=1S/C16H19ClN6.ClH/c1-9-15-13(20-21-16(18)19)7-10(8-14(15)22-23(9)2)11-5-3-4-6-12(11)17;/h3-6,10H,7-8H2,1-2H3,(H4,18,19,21);1H/b20-13-;. The molecular formula is C16H20Cl2N6. The first-order valence-corrected chi connectivity index (χ1v) is 7.78. The van der Waals surface area contributed by atoms with Gasteiger partial charge in [0.05, 0.1) is 11.4 Å². The summed E-state index contributed by atoms with van der Waals surface area (Å²) in [6.07, 6.45) is 1.54. The maximum Gasteiger partial charge on any atom is 0.211 e. The normalized spacial score (nSPS) is 18.0. The summed E-state index contributed by atoms with van der Waals surface area (Å²) in [5.74, 6) is 0.152. The zero-order valence-corrected chi connectivity index (χ0v) is 15.1. The lowest BCUT2D eigenvalue weighted by atomic mass is 9.81. The lowest BCUT2D eigenvalue weighted by Crippen LogP contribution is -2.23. The second-order valence-corrected chi connectivity index (χ2v) is 6.14. The first kappa shape index (κ1) is 18.3. The number of halogens is 2. The first-order valence-electron chi connectivity index (χ1n) is 7.40. The van der Waals surface area contributed by atoms with E-state index in [1.807, 2.05) is 42.9 Å². The Hall–Kier alpha value is -2.05. The number of hydrogen-bond donors (Lipinski definition) is 2. The van der Waals surface area contributed by atoms with Gasteiger partial charge in [-0.1, -0.05) is 29.8 Å². The van der Waals surface area contributed by atoms with Crippen molar-refractivity contribution in [2.45, 2.75) is 25.7 Å². The molecule has 1 unspecified atom stereocenters. The Morgan fingerprint density at radius 1 is 1.29 bits per heavy atom. The average molecular weight is 367 g/mol. The van der Waals surface area contributed by atoms with Crippen molar-refractivity contribution >= 4 is 35.7 Å². The molecule has 0 fully saturated rings. The van der Waals surface area contributed by atoms with Crippen molar-refractivity contribution in [2.75, 3.05) is 0 Å². The third-order valence-corrected chi connectivity index (χ3v) is 4.55. The molecule has 0 aliphatic heterocycles. The molecule has 1 atom stereocenters. The van der Waals surface area contributed by atoms with Crippen LogP contribution in [0.2, 0.25) is 5.02 Å². The van der Waals surface area contributed by atoms with Gasteiger partial charge in [0.1, 0.15) is 0 Å². The Balaban J connectivity index is 0.00000208. The molecule has 1 aliphatic carbocycles. The largest absolute Gasteiger partial charge is 0.369 e. The van der Waals surface area contributed by atoms with Crippen LogP contribution in [0.25, 0.3) is 0 Å². The van der Waals surface area contributed by atoms with Crippen molar-refractivity contribution in [1.29, 1.82) is 0 Å². The van der Waals surface area contributed by atoms with Crippen LogP contribution in [0, 0.1) is 6.92 Å². The number of fused-ring (bicyclic) bond motifs is 1. The lowest BCUT2D eigenvalue weighted by Gasteiger charge is -2.23. The third kappa shape index (κ3) is 3.39. The predicted molar refractivity (Wildman–Crippen MR) is 100 cm³/mol. The predicted octanol–water partition coefficient (Wildman–Crippen LogP) is 2.51. The summed E-state index contributed by atoms with van der Waals surface area (Å²) in [6.45, 7) is 2.02. The average Bonchev–Trinajstić information content (AvgIpc) is 2.80. The van der Waals surface area contributed by atoms with Crippen molar-refractivity contribution in [3.05, 3.63) is 51.8 Å². The van der Waals surface area contributed by atoms with Gasteiger partial charge >= 0.3 is 0 Å². The van der Waals surface area contributed by atoms with Crippen molar-refractivity contribution < 1.29 is 0 Å². The van der Waals surface area contributed by atoms with Gasteiger partial charge in [0.15, 0.2) is 0 Å². The molecule has 1 aromatic carbocycles. The highest BCUT2D eigenvalue weighted by Crippen LogP contribution is 2.36. The fourth-order valence-corrected chi connectivity index (χ4v) is 3.36. The summed E-state index contributed by atoms with van der Waals surface area (Å²) in [5, 5.41) is 13.5. The topological polar surface area (TPSA) is 94.6 Å². The number of aromatic nitrogens is 2. The Morgan fingerprint density at radius 3 is 2.67 bits per heavy atom. The molecule has 0 amide bonds. The summed E-state index contributed by atoms with van der Waals surface area (Å²) in [6, 6.07) is 7.88. The van der Waals surface area contributed by atoms with Crippen LogP contribution < -0.4 is 11.5 Å². The number of nitrogens with two attached hydrogens (primary N) is 2. The van der Waals surface area contributed by atoms with Crippen LogP contribution in [0.3, 0.4) is 0 Å². The highest BCUT2D eigenvalue weighted by atomic mass is 35.5. The second kappa shape index (κ2) is 7.23.